The van der Waals surface area contributed by atoms with E-state index >= 15 is 0 Å². The molecule has 3 aromatic rings. The van der Waals surface area contributed by atoms with Crippen molar-refractivity contribution in [2.75, 3.05) is 19.7 Å². The van der Waals surface area contributed by atoms with Crippen LogP contribution < -0.4 is 10.6 Å². The zero-order valence-corrected chi connectivity index (χ0v) is 19.3. The van der Waals surface area contributed by atoms with Gasteiger partial charge in [0.1, 0.15) is 5.52 Å². The van der Waals surface area contributed by atoms with E-state index in [0.717, 1.165) is 56.7 Å². The summed E-state index contributed by atoms with van der Waals surface area (Å²) < 4.78 is 8.14. The van der Waals surface area contributed by atoms with Crippen LogP contribution >= 0.6 is 24.8 Å². The Bertz CT molecular complexity index is 1030. The summed E-state index contributed by atoms with van der Waals surface area (Å²) in [5.41, 5.74) is 2.66. The number of fused-ring (bicyclic) bond motifs is 1. The van der Waals surface area contributed by atoms with Gasteiger partial charge < -0.3 is 19.9 Å². The van der Waals surface area contributed by atoms with E-state index in [2.05, 4.69) is 25.6 Å². The number of ether oxygens (including phenoxy) is 1. The first-order valence-electron chi connectivity index (χ1n) is 10.6. The number of rotatable bonds is 4. The van der Waals surface area contributed by atoms with E-state index in [1.807, 2.05) is 28.8 Å². The van der Waals surface area contributed by atoms with Crippen LogP contribution in [0.4, 0.5) is 0 Å². The van der Waals surface area contributed by atoms with Gasteiger partial charge in [0.2, 0.25) is 0 Å². The van der Waals surface area contributed by atoms with Crippen LogP contribution in [0, 0.1) is 0 Å². The number of nitrogens with zero attached hydrogens (tertiary/aromatic N) is 4. The van der Waals surface area contributed by atoms with E-state index < -0.39 is 0 Å². The molecule has 3 aromatic heterocycles. The maximum absolute atomic E-state index is 13.0. The molecule has 2 aliphatic rings. The summed E-state index contributed by atoms with van der Waals surface area (Å²) in [6.07, 6.45) is 8.91. The summed E-state index contributed by atoms with van der Waals surface area (Å²) in [5.74, 6) is -0.114. The molecule has 0 bridgehead atoms. The molecule has 5 heterocycles. The molecule has 32 heavy (non-hydrogen) atoms. The maximum atomic E-state index is 13.0. The molecule has 2 fully saturated rings. The van der Waals surface area contributed by atoms with Crippen LogP contribution in [0.1, 0.15) is 41.7 Å². The number of halogens is 2. The lowest BCUT2D eigenvalue weighted by Gasteiger charge is -2.46. The van der Waals surface area contributed by atoms with Gasteiger partial charge in [0.05, 0.1) is 35.8 Å². The zero-order valence-electron chi connectivity index (χ0n) is 17.7. The molecule has 0 saturated carbocycles. The predicted molar refractivity (Wildman–Crippen MR) is 127 cm³/mol. The lowest BCUT2D eigenvalue weighted by Crippen LogP contribution is -2.60. The highest BCUT2D eigenvalue weighted by Gasteiger charge is 2.43. The van der Waals surface area contributed by atoms with Gasteiger partial charge in [0.25, 0.3) is 5.91 Å². The number of amides is 1. The Morgan fingerprint density at radius 1 is 1.22 bits per heavy atom. The summed E-state index contributed by atoms with van der Waals surface area (Å²) >= 11 is 0. The first kappa shape index (κ1) is 24.4. The van der Waals surface area contributed by atoms with Crippen LogP contribution in [0.15, 0.2) is 43.0 Å². The fraction of sp³-hybridized carbons (Fsp3) is 0.455. The van der Waals surface area contributed by atoms with Crippen LogP contribution in [0.2, 0.25) is 0 Å². The zero-order chi connectivity index (χ0) is 20.4. The van der Waals surface area contributed by atoms with Crippen molar-refractivity contribution in [3.63, 3.8) is 0 Å². The van der Waals surface area contributed by atoms with Gasteiger partial charge in [0.15, 0.2) is 5.65 Å². The highest BCUT2D eigenvalue weighted by atomic mass is 35.5. The average Bonchev–Trinajstić information content (AvgIpc) is 3.19. The highest BCUT2D eigenvalue weighted by molar-refractivity contribution is 5.96. The third kappa shape index (κ3) is 4.88. The van der Waals surface area contributed by atoms with Crippen molar-refractivity contribution in [1.29, 1.82) is 0 Å². The second-order valence-electron chi connectivity index (χ2n) is 8.09. The highest BCUT2D eigenvalue weighted by Crippen LogP contribution is 2.33. The summed E-state index contributed by atoms with van der Waals surface area (Å²) in [6, 6.07) is 7.66. The van der Waals surface area contributed by atoms with Gasteiger partial charge >= 0.3 is 0 Å². The van der Waals surface area contributed by atoms with E-state index in [-0.39, 0.29) is 42.4 Å². The second-order valence-corrected chi connectivity index (χ2v) is 8.09. The number of piperidine rings is 1. The Balaban J connectivity index is 0.00000144. The van der Waals surface area contributed by atoms with Crippen LogP contribution in [-0.2, 0) is 11.3 Å². The Morgan fingerprint density at radius 2 is 2.06 bits per heavy atom. The molecule has 0 radical (unpaired) electrons. The quantitative estimate of drug-likeness (QED) is 0.598. The third-order valence-electron chi connectivity index (χ3n) is 6.19. The Hall–Kier alpha value is -2.26. The largest absolute Gasteiger partial charge is 0.373 e. The number of aromatic nitrogens is 4. The molecule has 2 saturated heterocycles. The number of nitrogens with one attached hydrogen (secondary N) is 2. The molecule has 0 aromatic carbocycles. The minimum Gasteiger partial charge on any atom is -0.373 e. The topological polar surface area (TPSA) is 94.0 Å². The van der Waals surface area contributed by atoms with Crippen molar-refractivity contribution in [3.05, 3.63) is 54.2 Å². The molecule has 5 rings (SSSR count). The first-order chi connectivity index (χ1) is 14.7. The van der Waals surface area contributed by atoms with Crippen molar-refractivity contribution in [1.82, 2.24) is 30.2 Å². The molecule has 172 valence electrons. The molecule has 1 unspecified atom stereocenters. The van der Waals surface area contributed by atoms with Gasteiger partial charge in [-0.25, -0.2) is 9.97 Å². The predicted octanol–water partition coefficient (Wildman–Crippen LogP) is 2.75. The van der Waals surface area contributed by atoms with Crippen LogP contribution in [0.25, 0.3) is 11.2 Å². The number of pyridine rings is 2. The molecular weight excluding hydrogens is 451 g/mol. The molecule has 2 aliphatic heterocycles. The number of hydrogen-bond donors (Lipinski definition) is 2. The van der Waals surface area contributed by atoms with E-state index in [4.69, 9.17) is 4.74 Å². The van der Waals surface area contributed by atoms with Crippen molar-refractivity contribution >= 4 is 41.9 Å². The van der Waals surface area contributed by atoms with Gasteiger partial charge in [-0.05, 0) is 57.0 Å². The smallest absolute Gasteiger partial charge is 0.253 e. The molecule has 1 atom stereocenters. The lowest BCUT2D eigenvalue weighted by atomic mass is 9.80. The third-order valence-corrected chi connectivity index (χ3v) is 6.19. The van der Waals surface area contributed by atoms with E-state index in [1.54, 1.807) is 18.7 Å². The standard InChI is InChI=1S/C22H26N6O2.2ClH/c29-21(27-19-5-3-11-30-22(19)6-9-23-10-7-22)16-12-18-20(25-13-16)28(15-26-18)14-17-4-1-2-8-24-17;;/h1-2,4,8,12-13,15,19,23H,3,5-7,9-11,14H2,(H,27,29);2*1H. The summed E-state index contributed by atoms with van der Waals surface area (Å²) in [4.78, 5) is 26.3. The second kappa shape index (κ2) is 10.6. The van der Waals surface area contributed by atoms with Gasteiger partial charge in [-0.2, -0.15) is 0 Å². The molecule has 10 heteroatoms. The van der Waals surface area contributed by atoms with Gasteiger partial charge in [-0.15, -0.1) is 24.8 Å². The molecule has 2 N–H and O–H groups in total. The molecule has 0 aliphatic carbocycles. The van der Waals surface area contributed by atoms with Crippen molar-refractivity contribution in [3.8, 4) is 0 Å². The number of imidazole rings is 1. The van der Waals surface area contributed by atoms with Crippen LogP contribution in [-0.4, -0.2) is 56.8 Å². The molecule has 8 nitrogen and oxygen atoms in total. The monoisotopic (exact) mass is 478 g/mol. The van der Waals surface area contributed by atoms with E-state index in [1.165, 1.54) is 0 Å². The number of carbonyl (C=O) groups excluding carboxylic acids is 1. The number of hydrogen-bond acceptors (Lipinski definition) is 6. The normalized spacial score (nSPS) is 19.7. The molecule has 1 spiro atoms. The molecular formula is C22H28Cl2N6O2. The average molecular weight is 479 g/mol. The minimum atomic E-state index is -0.249. The van der Waals surface area contributed by atoms with E-state index in [0.29, 0.717) is 17.6 Å². The van der Waals surface area contributed by atoms with E-state index in [9.17, 15) is 4.79 Å². The fourth-order valence-corrected chi connectivity index (χ4v) is 4.57. The lowest BCUT2D eigenvalue weighted by molar-refractivity contribution is -0.114. The van der Waals surface area contributed by atoms with Crippen molar-refractivity contribution in [2.24, 2.45) is 0 Å². The Kier molecular flexibility index (Phi) is 8.05. The van der Waals surface area contributed by atoms with Gasteiger partial charge in [0, 0.05) is 19.0 Å². The summed E-state index contributed by atoms with van der Waals surface area (Å²) in [5, 5.41) is 6.61. The summed E-state index contributed by atoms with van der Waals surface area (Å²) in [6.45, 7) is 3.21. The minimum absolute atomic E-state index is 0. The van der Waals surface area contributed by atoms with Crippen molar-refractivity contribution in [2.45, 2.75) is 43.9 Å². The van der Waals surface area contributed by atoms with Gasteiger partial charge in [-0.1, -0.05) is 6.07 Å². The van der Waals surface area contributed by atoms with Crippen LogP contribution in [0.5, 0.6) is 0 Å². The SMILES string of the molecule is Cl.Cl.O=C(NC1CCCOC12CCNCC2)c1cnc2c(c1)ncn2Cc1ccccn1. The van der Waals surface area contributed by atoms with Gasteiger partial charge in [-0.3, -0.25) is 9.78 Å². The Morgan fingerprint density at radius 3 is 2.84 bits per heavy atom. The first-order valence-corrected chi connectivity index (χ1v) is 10.6. The molecule has 1 amide bonds. The van der Waals surface area contributed by atoms with Crippen LogP contribution in [0.3, 0.4) is 0 Å². The number of carbonyl (C=O) groups is 1. The van der Waals surface area contributed by atoms with Crippen molar-refractivity contribution < 1.29 is 9.53 Å². The maximum Gasteiger partial charge on any atom is 0.253 e. The Labute approximate surface area is 199 Å². The summed E-state index contributed by atoms with van der Waals surface area (Å²) in [7, 11) is 0. The fourth-order valence-electron chi connectivity index (χ4n) is 4.57.